The molecule has 0 saturated heterocycles. The fourth-order valence-corrected chi connectivity index (χ4v) is 2.72. The van der Waals surface area contributed by atoms with E-state index in [-0.39, 0.29) is 11.8 Å². The van der Waals surface area contributed by atoms with E-state index >= 15 is 0 Å². The van der Waals surface area contributed by atoms with Crippen molar-refractivity contribution in [3.63, 3.8) is 0 Å². The molecular formula is C15H22FNO2. The number of aromatic hydroxyl groups is 1. The molecule has 1 atom stereocenters. The Kier molecular flexibility index (Phi) is 4.42. The van der Waals surface area contributed by atoms with Crippen LogP contribution in [0.5, 0.6) is 5.75 Å². The van der Waals surface area contributed by atoms with Crippen LogP contribution in [0.2, 0.25) is 0 Å². The topological polar surface area (TPSA) is 52.5 Å². The fourth-order valence-electron chi connectivity index (χ4n) is 2.72. The maximum absolute atomic E-state index is 12.9. The average molecular weight is 267 g/mol. The lowest BCUT2D eigenvalue weighted by molar-refractivity contribution is 0.00294. The summed E-state index contributed by atoms with van der Waals surface area (Å²) in [5.41, 5.74) is 0.0168. The predicted molar refractivity (Wildman–Crippen MR) is 72.5 cm³/mol. The van der Waals surface area contributed by atoms with E-state index in [1.807, 2.05) is 6.92 Å². The average Bonchev–Trinajstić information content (AvgIpc) is 2.37. The van der Waals surface area contributed by atoms with Crippen LogP contribution in [0.25, 0.3) is 0 Å². The molecule has 3 nitrogen and oxygen atoms in total. The lowest BCUT2D eigenvalue weighted by Gasteiger charge is -2.33. The molecule has 1 aromatic carbocycles. The van der Waals surface area contributed by atoms with Gasteiger partial charge in [0.05, 0.1) is 5.60 Å². The SMILES string of the molecule is CC(NCC1(O)CCCCC1)c1ccc(F)cc1O. The molecule has 0 amide bonds. The summed E-state index contributed by atoms with van der Waals surface area (Å²) in [5.74, 6) is -0.491. The number of phenols is 1. The fraction of sp³-hybridized carbons (Fsp3) is 0.600. The molecule has 1 saturated carbocycles. The summed E-state index contributed by atoms with van der Waals surface area (Å²) in [5, 5.41) is 23.4. The zero-order valence-corrected chi connectivity index (χ0v) is 11.3. The summed E-state index contributed by atoms with van der Waals surface area (Å²) in [6, 6.07) is 3.91. The molecule has 19 heavy (non-hydrogen) atoms. The molecule has 1 aliphatic carbocycles. The second-order valence-electron chi connectivity index (χ2n) is 5.59. The van der Waals surface area contributed by atoms with Crippen LogP contribution < -0.4 is 5.32 Å². The Labute approximate surface area is 113 Å². The molecule has 1 aliphatic rings. The Morgan fingerprint density at radius 3 is 2.63 bits per heavy atom. The minimum Gasteiger partial charge on any atom is -0.508 e. The molecule has 1 aromatic rings. The van der Waals surface area contributed by atoms with E-state index in [0.717, 1.165) is 31.7 Å². The molecule has 2 rings (SSSR count). The van der Waals surface area contributed by atoms with Crippen molar-refractivity contribution in [2.75, 3.05) is 6.54 Å². The van der Waals surface area contributed by atoms with E-state index in [1.165, 1.54) is 12.5 Å². The van der Waals surface area contributed by atoms with Crippen molar-refractivity contribution in [1.82, 2.24) is 5.32 Å². The Morgan fingerprint density at radius 2 is 2.00 bits per heavy atom. The molecule has 0 spiro atoms. The van der Waals surface area contributed by atoms with E-state index in [0.29, 0.717) is 12.1 Å². The summed E-state index contributed by atoms with van der Waals surface area (Å²) in [6.45, 7) is 2.41. The lowest BCUT2D eigenvalue weighted by Crippen LogP contribution is -2.42. The second kappa shape index (κ2) is 5.88. The highest BCUT2D eigenvalue weighted by atomic mass is 19.1. The first-order chi connectivity index (χ1) is 9.00. The van der Waals surface area contributed by atoms with Gasteiger partial charge < -0.3 is 15.5 Å². The number of benzene rings is 1. The molecule has 4 heteroatoms. The van der Waals surface area contributed by atoms with Gasteiger partial charge in [0.1, 0.15) is 11.6 Å². The number of rotatable bonds is 4. The van der Waals surface area contributed by atoms with Crippen molar-refractivity contribution >= 4 is 0 Å². The first-order valence-electron chi connectivity index (χ1n) is 6.94. The molecule has 0 aromatic heterocycles. The van der Waals surface area contributed by atoms with E-state index in [1.54, 1.807) is 6.07 Å². The first kappa shape index (κ1) is 14.3. The van der Waals surface area contributed by atoms with Crippen molar-refractivity contribution < 1.29 is 14.6 Å². The van der Waals surface area contributed by atoms with Crippen molar-refractivity contribution in [3.05, 3.63) is 29.6 Å². The quantitative estimate of drug-likeness (QED) is 0.786. The maximum atomic E-state index is 12.9. The molecule has 3 N–H and O–H groups in total. The van der Waals surface area contributed by atoms with Crippen LogP contribution >= 0.6 is 0 Å². The number of halogens is 1. The van der Waals surface area contributed by atoms with Crippen LogP contribution in [0.15, 0.2) is 18.2 Å². The van der Waals surface area contributed by atoms with E-state index in [9.17, 15) is 14.6 Å². The van der Waals surface area contributed by atoms with Crippen LogP contribution in [-0.2, 0) is 0 Å². The van der Waals surface area contributed by atoms with Crippen LogP contribution in [-0.4, -0.2) is 22.4 Å². The minimum atomic E-state index is -0.637. The zero-order chi connectivity index (χ0) is 13.9. The van der Waals surface area contributed by atoms with Gasteiger partial charge in [0.2, 0.25) is 0 Å². The predicted octanol–water partition coefficient (Wildman–Crippen LogP) is 2.88. The number of hydrogen-bond donors (Lipinski definition) is 3. The maximum Gasteiger partial charge on any atom is 0.126 e. The third-order valence-corrected chi connectivity index (χ3v) is 3.98. The first-order valence-corrected chi connectivity index (χ1v) is 6.94. The van der Waals surface area contributed by atoms with Gasteiger partial charge in [-0.1, -0.05) is 25.3 Å². The lowest BCUT2D eigenvalue weighted by atomic mass is 9.84. The third-order valence-electron chi connectivity index (χ3n) is 3.98. The molecule has 0 radical (unpaired) electrons. The third kappa shape index (κ3) is 3.67. The standard InChI is InChI=1S/C15H22FNO2/c1-11(13-6-5-12(16)9-14(13)18)17-10-15(19)7-3-2-4-8-15/h5-6,9,11,17-19H,2-4,7-8,10H2,1H3. The van der Waals surface area contributed by atoms with Crippen LogP contribution in [0.4, 0.5) is 4.39 Å². The highest BCUT2D eigenvalue weighted by molar-refractivity contribution is 5.34. The highest BCUT2D eigenvalue weighted by Crippen LogP contribution is 2.29. The molecule has 1 fully saturated rings. The van der Waals surface area contributed by atoms with E-state index < -0.39 is 11.4 Å². The molecule has 0 heterocycles. The normalized spacial score (nSPS) is 20.2. The van der Waals surface area contributed by atoms with Crippen molar-refractivity contribution in [1.29, 1.82) is 0 Å². The molecule has 106 valence electrons. The minimum absolute atomic E-state index is 0.0457. The monoisotopic (exact) mass is 267 g/mol. The zero-order valence-electron chi connectivity index (χ0n) is 11.3. The molecular weight excluding hydrogens is 245 g/mol. The van der Waals surface area contributed by atoms with Gasteiger partial charge in [-0.25, -0.2) is 4.39 Å². The summed E-state index contributed by atoms with van der Waals surface area (Å²) < 4.78 is 12.9. The van der Waals surface area contributed by atoms with Crippen molar-refractivity contribution in [3.8, 4) is 5.75 Å². The Hall–Kier alpha value is -1.13. The number of hydrogen-bond acceptors (Lipinski definition) is 3. The van der Waals surface area contributed by atoms with Crippen molar-refractivity contribution in [2.24, 2.45) is 0 Å². The highest BCUT2D eigenvalue weighted by Gasteiger charge is 2.29. The van der Waals surface area contributed by atoms with Gasteiger partial charge in [-0.2, -0.15) is 0 Å². The Balaban J connectivity index is 1.95. The van der Waals surface area contributed by atoms with Crippen molar-refractivity contribution in [2.45, 2.75) is 50.7 Å². The Bertz CT molecular complexity index is 430. The second-order valence-corrected chi connectivity index (χ2v) is 5.59. The number of phenolic OH excluding ortho intramolecular Hbond substituents is 1. The van der Waals surface area contributed by atoms with Gasteiger partial charge in [-0.3, -0.25) is 0 Å². The van der Waals surface area contributed by atoms with Gasteiger partial charge in [0.15, 0.2) is 0 Å². The largest absolute Gasteiger partial charge is 0.508 e. The molecule has 0 aliphatic heterocycles. The summed E-state index contributed by atoms with van der Waals surface area (Å²) in [6.07, 6.45) is 4.96. The van der Waals surface area contributed by atoms with Gasteiger partial charge in [0, 0.05) is 24.2 Å². The van der Waals surface area contributed by atoms with Gasteiger partial charge in [-0.05, 0) is 25.8 Å². The summed E-state index contributed by atoms with van der Waals surface area (Å²) in [4.78, 5) is 0. The summed E-state index contributed by atoms with van der Waals surface area (Å²) in [7, 11) is 0. The van der Waals surface area contributed by atoms with Crippen LogP contribution in [0.1, 0.15) is 50.6 Å². The van der Waals surface area contributed by atoms with Crippen LogP contribution in [0.3, 0.4) is 0 Å². The van der Waals surface area contributed by atoms with E-state index in [2.05, 4.69) is 5.32 Å². The van der Waals surface area contributed by atoms with Crippen LogP contribution in [0, 0.1) is 5.82 Å². The number of nitrogens with one attached hydrogen (secondary N) is 1. The van der Waals surface area contributed by atoms with Gasteiger partial charge in [0.25, 0.3) is 0 Å². The molecule has 1 unspecified atom stereocenters. The summed E-state index contributed by atoms with van der Waals surface area (Å²) >= 11 is 0. The van der Waals surface area contributed by atoms with Gasteiger partial charge >= 0.3 is 0 Å². The smallest absolute Gasteiger partial charge is 0.126 e. The Morgan fingerprint density at radius 1 is 1.32 bits per heavy atom. The van der Waals surface area contributed by atoms with Gasteiger partial charge in [-0.15, -0.1) is 0 Å². The number of aliphatic hydroxyl groups is 1. The van der Waals surface area contributed by atoms with E-state index in [4.69, 9.17) is 0 Å². The molecule has 0 bridgehead atoms.